The van der Waals surface area contributed by atoms with Crippen molar-refractivity contribution < 1.29 is 0 Å². The summed E-state index contributed by atoms with van der Waals surface area (Å²) in [5, 5.41) is 1.18. The molecule has 1 unspecified atom stereocenters. The molecule has 0 aliphatic heterocycles. The Labute approximate surface area is 93.4 Å². The largest absolute Gasteiger partial charge is 0.377 e. The van der Waals surface area contributed by atoms with Crippen molar-refractivity contribution in [1.29, 1.82) is 0 Å². The van der Waals surface area contributed by atoms with E-state index >= 15 is 0 Å². The maximum atomic E-state index is 6.08. The minimum atomic E-state index is -0.722. The number of halogens is 2. The quantitative estimate of drug-likeness (QED) is 0.748. The first kappa shape index (κ1) is 11.3. The Kier molecular flexibility index (Phi) is 4.03. The van der Waals surface area contributed by atoms with E-state index in [0.717, 1.165) is 0 Å². The number of aryl methyl sites for hydroxylation is 1. The van der Waals surface area contributed by atoms with E-state index in [-0.39, 0.29) is 0 Å². The van der Waals surface area contributed by atoms with Crippen LogP contribution in [0.25, 0.3) is 0 Å². The zero-order valence-corrected chi connectivity index (χ0v) is 11.1. The molecule has 72 valence electrons. The Bertz CT molecular complexity index is 302. The van der Waals surface area contributed by atoms with Gasteiger partial charge in [0, 0.05) is 25.1 Å². The third kappa shape index (κ3) is 2.83. The average Bonchev–Trinajstić information content (AvgIpc) is 2.03. The summed E-state index contributed by atoms with van der Waals surface area (Å²) in [6, 6.07) is 6.33. The Morgan fingerprint density at radius 1 is 1.38 bits per heavy atom. The lowest BCUT2D eigenvalue weighted by Crippen LogP contribution is -2.16. The van der Waals surface area contributed by atoms with Crippen molar-refractivity contribution in [3.63, 3.8) is 0 Å². The molecule has 1 aromatic carbocycles. The lowest BCUT2D eigenvalue weighted by Gasteiger charge is -2.18. The Morgan fingerprint density at radius 3 is 2.46 bits per heavy atom. The van der Waals surface area contributed by atoms with E-state index < -0.39 is 5.98 Å². The molecule has 0 amide bonds. The maximum Gasteiger partial charge on any atom is 0.0930 e. The van der Waals surface area contributed by atoms with Crippen molar-refractivity contribution in [2.45, 2.75) is 6.92 Å². The van der Waals surface area contributed by atoms with Gasteiger partial charge in [-0.25, -0.2) is 0 Å². The summed E-state index contributed by atoms with van der Waals surface area (Å²) in [6.07, 6.45) is 0. The van der Waals surface area contributed by atoms with Crippen LogP contribution in [0, 0.1) is 6.92 Å². The van der Waals surface area contributed by atoms with Gasteiger partial charge in [0.2, 0.25) is 0 Å². The topological polar surface area (TPSA) is 3.24 Å². The van der Waals surface area contributed by atoms with Crippen LogP contribution in [0.3, 0.4) is 0 Å². The van der Waals surface area contributed by atoms with E-state index in [1.807, 2.05) is 14.1 Å². The van der Waals surface area contributed by atoms with Crippen LogP contribution in [0.2, 0.25) is 0 Å². The van der Waals surface area contributed by atoms with Crippen molar-refractivity contribution in [1.82, 2.24) is 0 Å². The van der Waals surface area contributed by atoms with Crippen molar-refractivity contribution >= 4 is 43.7 Å². The molecule has 1 atom stereocenters. The van der Waals surface area contributed by atoms with Crippen LogP contribution in [0.4, 0.5) is 5.69 Å². The molecule has 0 bridgehead atoms. The van der Waals surface area contributed by atoms with Crippen LogP contribution >= 0.6 is 32.7 Å². The third-order valence-electron chi connectivity index (χ3n) is 1.79. The van der Waals surface area contributed by atoms with Crippen LogP contribution in [0.1, 0.15) is 5.56 Å². The number of anilines is 1. The molecule has 0 N–H and O–H groups in total. The second-order valence-electron chi connectivity index (χ2n) is 3.12. The lowest BCUT2D eigenvalue weighted by atomic mass is 10.2. The first-order chi connectivity index (χ1) is 6.02. The van der Waals surface area contributed by atoms with Gasteiger partial charge in [0.1, 0.15) is 0 Å². The van der Waals surface area contributed by atoms with Gasteiger partial charge in [0.15, 0.2) is 0 Å². The van der Waals surface area contributed by atoms with Crippen LogP contribution < -0.4 is 10.2 Å². The summed E-state index contributed by atoms with van der Waals surface area (Å²) in [5.74, 6) is -0.722. The highest BCUT2D eigenvalue weighted by Crippen LogP contribution is 2.50. The van der Waals surface area contributed by atoms with Gasteiger partial charge in [0.25, 0.3) is 0 Å². The number of benzene rings is 1. The van der Waals surface area contributed by atoms with E-state index in [1.54, 1.807) is 0 Å². The number of rotatable bonds is 2. The SMILES string of the molecule is Cc1ccc(N(C)C)c(P(Cl)Br)c1. The number of hydrogen-bond donors (Lipinski definition) is 0. The second-order valence-corrected chi connectivity index (χ2v) is 8.43. The number of hydrogen-bond acceptors (Lipinski definition) is 1. The van der Waals surface area contributed by atoms with E-state index in [9.17, 15) is 0 Å². The molecule has 0 saturated heterocycles. The summed E-state index contributed by atoms with van der Waals surface area (Å²) < 4.78 is 0. The van der Waals surface area contributed by atoms with Gasteiger partial charge in [-0.1, -0.05) is 22.9 Å². The van der Waals surface area contributed by atoms with Gasteiger partial charge in [-0.15, -0.1) is 0 Å². The van der Waals surface area contributed by atoms with Gasteiger partial charge in [-0.05, 0) is 34.5 Å². The molecular weight excluding hydrogens is 268 g/mol. The summed E-state index contributed by atoms with van der Waals surface area (Å²) >= 11 is 9.52. The highest BCUT2D eigenvalue weighted by molar-refractivity contribution is 9.42. The Hall–Kier alpha value is 0.220. The monoisotopic (exact) mass is 279 g/mol. The lowest BCUT2D eigenvalue weighted by molar-refractivity contribution is 1.14. The van der Waals surface area contributed by atoms with E-state index in [2.05, 4.69) is 45.5 Å². The smallest absolute Gasteiger partial charge is 0.0930 e. The molecule has 1 aromatic rings. The summed E-state index contributed by atoms with van der Waals surface area (Å²) in [7, 11) is 4.05. The molecule has 0 spiro atoms. The fourth-order valence-electron chi connectivity index (χ4n) is 1.15. The zero-order chi connectivity index (χ0) is 10.0. The van der Waals surface area contributed by atoms with Gasteiger partial charge in [0.05, 0.1) is 5.98 Å². The van der Waals surface area contributed by atoms with Gasteiger partial charge in [-0.3, -0.25) is 0 Å². The molecule has 0 saturated carbocycles. The molecule has 0 aromatic heterocycles. The van der Waals surface area contributed by atoms with Gasteiger partial charge >= 0.3 is 0 Å². The van der Waals surface area contributed by atoms with E-state index in [1.165, 1.54) is 16.6 Å². The van der Waals surface area contributed by atoms with E-state index in [4.69, 9.17) is 11.2 Å². The van der Waals surface area contributed by atoms with Crippen molar-refractivity contribution in [2.75, 3.05) is 19.0 Å². The van der Waals surface area contributed by atoms with Gasteiger partial charge < -0.3 is 4.90 Å². The fraction of sp³-hybridized carbons (Fsp3) is 0.333. The minimum Gasteiger partial charge on any atom is -0.377 e. The van der Waals surface area contributed by atoms with Crippen LogP contribution in [0.5, 0.6) is 0 Å². The normalized spacial score (nSPS) is 12.7. The molecule has 0 aliphatic rings. The first-order valence-electron chi connectivity index (χ1n) is 3.92. The third-order valence-corrected chi connectivity index (χ3v) is 4.21. The highest BCUT2D eigenvalue weighted by atomic mass is 79.9. The minimum absolute atomic E-state index is 0.722. The predicted molar refractivity (Wildman–Crippen MR) is 66.8 cm³/mol. The van der Waals surface area contributed by atoms with Crippen LogP contribution in [0.15, 0.2) is 18.2 Å². The number of nitrogens with zero attached hydrogens (tertiary/aromatic N) is 1. The molecule has 0 radical (unpaired) electrons. The van der Waals surface area contributed by atoms with Crippen LogP contribution in [-0.2, 0) is 0 Å². The summed E-state index contributed by atoms with van der Waals surface area (Å²) in [4.78, 5) is 2.08. The zero-order valence-electron chi connectivity index (χ0n) is 7.88. The second kappa shape index (κ2) is 4.63. The molecule has 4 heteroatoms. The molecule has 0 aliphatic carbocycles. The van der Waals surface area contributed by atoms with Crippen molar-refractivity contribution in [3.8, 4) is 0 Å². The molecule has 0 heterocycles. The maximum absolute atomic E-state index is 6.08. The van der Waals surface area contributed by atoms with Crippen molar-refractivity contribution in [3.05, 3.63) is 23.8 Å². The molecule has 1 rings (SSSR count). The average molecular weight is 281 g/mol. The molecular formula is C9H12BrClNP. The Balaban J connectivity index is 3.19. The fourth-order valence-corrected chi connectivity index (χ4v) is 3.15. The standard InChI is InChI=1S/C9H12BrClNP/c1-7-4-5-8(12(2)3)9(6-7)13(10)11/h4-6H,1-3H3. The first-order valence-corrected chi connectivity index (χ1v) is 8.18. The highest BCUT2D eigenvalue weighted by Gasteiger charge is 2.10. The summed E-state index contributed by atoms with van der Waals surface area (Å²) in [5.41, 5.74) is 2.43. The molecule has 1 nitrogen and oxygen atoms in total. The van der Waals surface area contributed by atoms with Crippen molar-refractivity contribution in [2.24, 2.45) is 0 Å². The predicted octanol–water partition coefficient (Wildman–Crippen LogP) is 3.63. The molecule has 0 fully saturated rings. The van der Waals surface area contributed by atoms with Gasteiger partial charge in [-0.2, -0.15) is 0 Å². The molecule has 13 heavy (non-hydrogen) atoms. The Morgan fingerprint density at radius 2 is 2.00 bits per heavy atom. The van der Waals surface area contributed by atoms with E-state index in [0.29, 0.717) is 0 Å². The van der Waals surface area contributed by atoms with Crippen LogP contribution in [-0.4, -0.2) is 14.1 Å². The summed E-state index contributed by atoms with van der Waals surface area (Å²) in [6.45, 7) is 2.08.